The highest BCUT2D eigenvalue weighted by molar-refractivity contribution is 5.91. The van der Waals surface area contributed by atoms with Gasteiger partial charge in [0.05, 0.1) is 17.5 Å². The highest BCUT2D eigenvalue weighted by Crippen LogP contribution is 2.32. The molecule has 7 nitrogen and oxygen atoms in total. The zero-order chi connectivity index (χ0) is 11.7. The summed E-state index contributed by atoms with van der Waals surface area (Å²) in [5.41, 5.74) is 5.96. The van der Waals surface area contributed by atoms with Crippen LogP contribution in [0.3, 0.4) is 0 Å². The van der Waals surface area contributed by atoms with E-state index in [4.69, 9.17) is 10.5 Å². The van der Waals surface area contributed by atoms with E-state index in [0.29, 0.717) is 10.9 Å². The molecule has 1 aromatic heterocycles. The van der Waals surface area contributed by atoms with Gasteiger partial charge >= 0.3 is 5.69 Å². The van der Waals surface area contributed by atoms with Gasteiger partial charge in [0, 0.05) is 17.5 Å². The standard InChI is InChI=1S/C9H8N4O3/c1-16-8-3-6-5(2-7(8)13(14)15)9(10)12-4-11-6/h2-4H,1H3,(H2,10,11,12). The summed E-state index contributed by atoms with van der Waals surface area (Å²) in [5.74, 6) is 0.353. The summed E-state index contributed by atoms with van der Waals surface area (Å²) in [4.78, 5) is 18.0. The Kier molecular flexibility index (Phi) is 2.28. The van der Waals surface area contributed by atoms with E-state index in [1.54, 1.807) is 0 Å². The van der Waals surface area contributed by atoms with Crippen molar-refractivity contribution in [3.63, 3.8) is 0 Å². The van der Waals surface area contributed by atoms with Crippen LogP contribution in [0.25, 0.3) is 10.9 Å². The minimum atomic E-state index is -0.537. The average molecular weight is 220 g/mol. The Bertz CT molecular complexity index is 570. The van der Waals surface area contributed by atoms with Crippen LogP contribution in [-0.4, -0.2) is 22.0 Å². The summed E-state index contributed by atoms with van der Waals surface area (Å²) < 4.78 is 4.91. The Morgan fingerprint density at radius 2 is 2.19 bits per heavy atom. The van der Waals surface area contributed by atoms with Gasteiger partial charge in [0.25, 0.3) is 0 Å². The maximum Gasteiger partial charge on any atom is 0.311 e. The number of nitrogens with two attached hydrogens (primary N) is 1. The van der Waals surface area contributed by atoms with Gasteiger partial charge < -0.3 is 10.5 Å². The van der Waals surface area contributed by atoms with Crippen molar-refractivity contribution in [1.82, 2.24) is 9.97 Å². The van der Waals surface area contributed by atoms with Gasteiger partial charge in [0.2, 0.25) is 0 Å². The largest absolute Gasteiger partial charge is 0.490 e. The van der Waals surface area contributed by atoms with Crippen LogP contribution in [0.15, 0.2) is 18.5 Å². The molecule has 0 unspecified atom stereocenters. The molecule has 0 aliphatic heterocycles. The highest BCUT2D eigenvalue weighted by Gasteiger charge is 2.17. The Labute approximate surface area is 90.0 Å². The molecule has 0 saturated heterocycles. The summed E-state index contributed by atoms with van der Waals surface area (Å²) in [5, 5.41) is 11.2. The third-order valence-corrected chi connectivity index (χ3v) is 2.16. The van der Waals surface area contributed by atoms with Gasteiger partial charge in [-0.1, -0.05) is 0 Å². The molecule has 16 heavy (non-hydrogen) atoms. The fraction of sp³-hybridized carbons (Fsp3) is 0.111. The number of fused-ring (bicyclic) bond motifs is 1. The van der Waals surface area contributed by atoms with Crippen LogP contribution < -0.4 is 10.5 Å². The molecule has 0 atom stereocenters. The van der Waals surface area contributed by atoms with Gasteiger partial charge in [-0.2, -0.15) is 0 Å². The second kappa shape index (κ2) is 3.61. The van der Waals surface area contributed by atoms with E-state index >= 15 is 0 Å². The summed E-state index contributed by atoms with van der Waals surface area (Å²) in [6.07, 6.45) is 1.29. The number of nitro benzene ring substituents is 1. The molecule has 82 valence electrons. The van der Waals surface area contributed by atoms with Crippen molar-refractivity contribution in [2.24, 2.45) is 0 Å². The lowest BCUT2D eigenvalue weighted by atomic mass is 10.2. The van der Waals surface area contributed by atoms with Gasteiger partial charge in [0.15, 0.2) is 5.75 Å². The number of hydrogen-bond donors (Lipinski definition) is 1. The van der Waals surface area contributed by atoms with Crippen LogP contribution in [-0.2, 0) is 0 Å². The summed E-state index contributed by atoms with van der Waals surface area (Å²) in [6, 6.07) is 2.77. The van der Waals surface area contributed by atoms with Gasteiger partial charge in [-0.25, -0.2) is 9.97 Å². The maximum atomic E-state index is 10.8. The number of methoxy groups -OCH3 is 1. The minimum absolute atomic E-state index is 0.149. The van der Waals surface area contributed by atoms with Crippen molar-refractivity contribution in [1.29, 1.82) is 0 Å². The van der Waals surface area contributed by atoms with Crippen molar-refractivity contribution in [2.45, 2.75) is 0 Å². The molecule has 0 amide bonds. The molecule has 2 rings (SSSR count). The molecular formula is C9H8N4O3. The molecule has 0 fully saturated rings. The number of nitrogen functional groups attached to an aromatic ring is 1. The Balaban J connectivity index is 2.81. The van der Waals surface area contributed by atoms with E-state index in [1.807, 2.05) is 0 Å². The zero-order valence-corrected chi connectivity index (χ0v) is 8.38. The highest BCUT2D eigenvalue weighted by atomic mass is 16.6. The topological polar surface area (TPSA) is 104 Å². The smallest absolute Gasteiger partial charge is 0.311 e. The minimum Gasteiger partial charge on any atom is -0.490 e. The Morgan fingerprint density at radius 3 is 2.81 bits per heavy atom. The Morgan fingerprint density at radius 1 is 1.44 bits per heavy atom. The number of hydrogen-bond acceptors (Lipinski definition) is 6. The van der Waals surface area contributed by atoms with Gasteiger partial charge in [-0.3, -0.25) is 10.1 Å². The molecule has 0 aliphatic carbocycles. The van der Waals surface area contributed by atoms with E-state index in [9.17, 15) is 10.1 Å². The molecule has 0 spiro atoms. The van der Waals surface area contributed by atoms with Gasteiger partial charge in [-0.05, 0) is 0 Å². The number of aromatic nitrogens is 2. The van der Waals surface area contributed by atoms with Crippen LogP contribution in [0.2, 0.25) is 0 Å². The fourth-order valence-corrected chi connectivity index (χ4v) is 1.40. The van der Waals surface area contributed by atoms with Crippen LogP contribution in [0.5, 0.6) is 5.75 Å². The van der Waals surface area contributed by atoms with Crippen LogP contribution in [0.4, 0.5) is 11.5 Å². The molecular weight excluding hydrogens is 212 g/mol. The summed E-state index contributed by atoms with van der Waals surface area (Å²) >= 11 is 0. The Hall–Kier alpha value is -2.44. The van der Waals surface area contributed by atoms with Crippen molar-refractivity contribution < 1.29 is 9.66 Å². The van der Waals surface area contributed by atoms with Gasteiger partial charge in [-0.15, -0.1) is 0 Å². The predicted octanol–water partition coefficient (Wildman–Crippen LogP) is 1.13. The molecule has 1 heterocycles. The summed E-state index contributed by atoms with van der Waals surface area (Å²) in [7, 11) is 1.36. The molecule has 0 saturated carbocycles. The van der Waals surface area contributed by atoms with Crippen molar-refractivity contribution in [2.75, 3.05) is 12.8 Å². The van der Waals surface area contributed by atoms with Gasteiger partial charge in [0.1, 0.15) is 12.1 Å². The molecule has 0 bridgehead atoms. The fourth-order valence-electron chi connectivity index (χ4n) is 1.40. The third kappa shape index (κ3) is 1.48. The first-order chi connectivity index (χ1) is 7.63. The first kappa shape index (κ1) is 10.1. The number of rotatable bonds is 2. The summed E-state index contributed by atoms with van der Waals surface area (Å²) in [6.45, 7) is 0. The van der Waals surface area contributed by atoms with Crippen molar-refractivity contribution in [3.8, 4) is 5.75 Å². The monoisotopic (exact) mass is 220 g/mol. The lowest BCUT2D eigenvalue weighted by Gasteiger charge is -2.04. The molecule has 2 N–H and O–H groups in total. The number of nitrogens with zero attached hydrogens (tertiary/aromatic N) is 3. The lowest BCUT2D eigenvalue weighted by molar-refractivity contribution is -0.385. The van der Waals surface area contributed by atoms with Crippen LogP contribution in [0.1, 0.15) is 0 Å². The number of benzene rings is 1. The van der Waals surface area contributed by atoms with E-state index < -0.39 is 4.92 Å². The van der Waals surface area contributed by atoms with E-state index in [0.717, 1.165) is 0 Å². The first-order valence-corrected chi connectivity index (χ1v) is 4.36. The van der Waals surface area contributed by atoms with Crippen molar-refractivity contribution in [3.05, 3.63) is 28.6 Å². The average Bonchev–Trinajstić information content (AvgIpc) is 2.27. The molecule has 2 aromatic rings. The lowest BCUT2D eigenvalue weighted by Crippen LogP contribution is -1.97. The first-order valence-electron chi connectivity index (χ1n) is 4.36. The number of ether oxygens (including phenoxy) is 1. The zero-order valence-electron chi connectivity index (χ0n) is 8.38. The van der Waals surface area contributed by atoms with E-state index in [-0.39, 0.29) is 17.3 Å². The molecule has 0 aliphatic rings. The maximum absolute atomic E-state index is 10.8. The second-order valence-corrected chi connectivity index (χ2v) is 3.06. The SMILES string of the molecule is COc1cc2ncnc(N)c2cc1[N+](=O)[O-]. The predicted molar refractivity (Wildman–Crippen MR) is 57.2 cm³/mol. The molecule has 7 heteroatoms. The van der Waals surface area contributed by atoms with E-state index in [1.165, 1.54) is 25.6 Å². The normalized spacial score (nSPS) is 10.3. The number of anilines is 1. The van der Waals surface area contributed by atoms with Crippen LogP contribution in [0, 0.1) is 10.1 Å². The number of nitro groups is 1. The third-order valence-electron chi connectivity index (χ3n) is 2.16. The molecule has 0 radical (unpaired) electrons. The van der Waals surface area contributed by atoms with Crippen molar-refractivity contribution >= 4 is 22.4 Å². The quantitative estimate of drug-likeness (QED) is 0.600. The van der Waals surface area contributed by atoms with Crippen LogP contribution >= 0.6 is 0 Å². The van der Waals surface area contributed by atoms with E-state index in [2.05, 4.69) is 9.97 Å². The second-order valence-electron chi connectivity index (χ2n) is 3.06. The molecule has 1 aromatic carbocycles.